The predicted octanol–water partition coefficient (Wildman–Crippen LogP) is 6.08. The molecule has 2 N–H and O–H groups in total. The minimum absolute atomic E-state index is 0.112. The molecule has 0 fully saturated rings. The lowest BCUT2D eigenvalue weighted by Crippen LogP contribution is -2.37. The van der Waals surface area contributed by atoms with E-state index in [-0.39, 0.29) is 23.8 Å². The molecular weight excluding hydrogens is 457 g/mol. The predicted molar refractivity (Wildman–Crippen MR) is 137 cm³/mol. The maximum absolute atomic E-state index is 14.5. The van der Waals surface area contributed by atoms with Crippen LogP contribution in [0, 0.1) is 5.82 Å². The molecule has 6 heteroatoms. The molecule has 184 valence electrons. The number of rotatable bonds is 8. The molecule has 3 atom stereocenters. The standard InChI is InChI=1S/C30H28FNO4/c1-19(25-11-6-8-20-7-2-3-9-26(20)25)32-17-24-16-28(27-10-4-5-12-29(27)36-24)21-13-22(31)15-23(14-21)35-18-30(33)34/h2-15,19,24,28,32H,16-18H2,1H3,(H,33,34). The van der Waals surface area contributed by atoms with Crippen LogP contribution < -0.4 is 14.8 Å². The van der Waals surface area contributed by atoms with E-state index < -0.39 is 18.4 Å². The Hall–Kier alpha value is -3.90. The average Bonchev–Trinajstić information content (AvgIpc) is 2.89. The third-order valence-corrected chi connectivity index (χ3v) is 6.69. The first kappa shape index (κ1) is 23.8. The fraction of sp³-hybridized carbons (Fsp3) is 0.233. The largest absolute Gasteiger partial charge is 0.489 e. The summed E-state index contributed by atoms with van der Waals surface area (Å²) in [5.41, 5.74) is 2.94. The van der Waals surface area contributed by atoms with E-state index in [9.17, 15) is 9.18 Å². The van der Waals surface area contributed by atoms with Crippen LogP contribution in [-0.2, 0) is 4.79 Å². The lowest BCUT2D eigenvalue weighted by Gasteiger charge is -2.33. The van der Waals surface area contributed by atoms with Gasteiger partial charge in [0.25, 0.3) is 0 Å². The molecule has 0 bridgehead atoms. The van der Waals surface area contributed by atoms with E-state index in [0.717, 1.165) is 16.9 Å². The molecule has 36 heavy (non-hydrogen) atoms. The van der Waals surface area contributed by atoms with E-state index >= 15 is 0 Å². The summed E-state index contributed by atoms with van der Waals surface area (Å²) in [5.74, 6) is -0.705. The summed E-state index contributed by atoms with van der Waals surface area (Å²) < 4.78 is 26.1. The van der Waals surface area contributed by atoms with Crippen LogP contribution in [0.25, 0.3) is 10.8 Å². The second-order valence-electron chi connectivity index (χ2n) is 9.17. The van der Waals surface area contributed by atoms with Crippen LogP contribution in [0.15, 0.2) is 84.9 Å². The SMILES string of the molecule is CC(NCC1CC(c2cc(F)cc(OCC(=O)O)c2)c2ccccc2O1)c1cccc2ccccc12. The van der Waals surface area contributed by atoms with Gasteiger partial charge in [-0.25, -0.2) is 9.18 Å². The highest BCUT2D eigenvalue weighted by Crippen LogP contribution is 2.41. The zero-order chi connectivity index (χ0) is 25.1. The molecule has 3 unspecified atom stereocenters. The van der Waals surface area contributed by atoms with Gasteiger partial charge in [0.1, 0.15) is 23.4 Å². The van der Waals surface area contributed by atoms with Gasteiger partial charge in [-0.1, -0.05) is 60.7 Å². The number of ether oxygens (including phenoxy) is 2. The first-order valence-corrected chi connectivity index (χ1v) is 12.1. The number of carbonyl (C=O) groups is 1. The van der Waals surface area contributed by atoms with E-state index in [4.69, 9.17) is 14.6 Å². The number of hydrogen-bond donors (Lipinski definition) is 2. The smallest absolute Gasteiger partial charge is 0.341 e. The van der Waals surface area contributed by atoms with Crippen molar-refractivity contribution < 1.29 is 23.8 Å². The van der Waals surface area contributed by atoms with Crippen molar-refractivity contribution in [3.8, 4) is 11.5 Å². The lowest BCUT2D eigenvalue weighted by molar-refractivity contribution is -0.139. The molecule has 1 aliphatic heterocycles. The summed E-state index contributed by atoms with van der Waals surface area (Å²) in [4.78, 5) is 10.9. The number of carboxylic acids is 1. The zero-order valence-corrected chi connectivity index (χ0v) is 20.0. The maximum atomic E-state index is 14.5. The molecule has 0 saturated heterocycles. The minimum atomic E-state index is -1.11. The highest BCUT2D eigenvalue weighted by molar-refractivity contribution is 5.86. The van der Waals surface area contributed by atoms with E-state index in [0.29, 0.717) is 13.0 Å². The van der Waals surface area contributed by atoms with Gasteiger partial charge < -0.3 is 19.9 Å². The Balaban J connectivity index is 1.37. The second-order valence-corrected chi connectivity index (χ2v) is 9.17. The van der Waals surface area contributed by atoms with Crippen molar-refractivity contribution in [2.24, 2.45) is 0 Å². The van der Waals surface area contributed by atoms with Crippen LogP contribution in [0.1, 0.15) is 42.0 Å². The summed E-state index contributed by atoms with van der Waals surface area (Å²) in [5, 5.41) is 15.0. The minimum Gasteiger partial charge on any atom is -0.489 e. The van der Waals surface area contributed by atoms with Crippen molar-refractivity contribution in [1.82, 2.24) is 5.32 Å². The molecule has 4 aromatic carbocycles. The van der Waals surface area contributed by atoms with Gasteiger partial charge in [-0.15, -0.1) is 0 Å². The molecule has 0 spiro atoms. The molecular formula is C30H28FNO4. The summed E-state index contributed by atoms with van der Waals surface area (Å²) in [7, 11) is 0. The van der Waals surface area contributed by atoms with Crippen molar-refractivity contribution in [3.05, 3.63) is 107 Å². The number of fused-ring (bicyclic) bond motifs is 2. The number of halogens is 1. The van der Waals surface area contributed by atoms with Crippen LogP contribution in [0.4, 0.5) is 4.39 Å². The molecule has 0 saturated carbocycles. The molecule has 0 aliphatic carbocycles. The van der Waals surface area contributed by atoms with Crippen molar-refractivity contribution in [3.63, 3.8) is 0 Å². The Labute approximate surface area is 209 Å². The average molecular weight is 486 g/mol. The van der Waals surface area contributed by atoms with Crippen molar-refractivity contribution in [2.75, 3.05) is 13.2 Å². The van der Waals surface area contributed by atoms with Crippen LogP contribution in [0.2, 0.25) is 0 Å². The quantitative estimate of drug-likeness (QED) is 0.317. The Bertz CT molecular complexity index is 1380. The van der Waals surface area contributed by atoms with Crippen molar-refractivity contribution in [2.45, 2.75) is 31.4 Å². The van der Waals surface area contributed by atoms with E-state index in [1.165, 1.54) is 28.5 Å². The highest BCUT2D eigenvalue weighted by atomic mass is 19.1. The number of hydrogen-bond acceptors (Lipinski definition) is 4. The third kappa shape index (κ3) is 5.19. The Kier molecular flexibility index (Phi) is 6.87. The van der Waals surface area contributed by atoms with Gasteiger partial charge in [-0.3, -0.25) is 0 Å². The van der Waals surface area contributed by atoms with Gasteiger partial charge in [0.15, 0.2) is 6.61 Å². The van der Waals surface area contributed by atoms with Gasteiger partial charge in [0.05, 0.1) is 0 Å². The van der Waals surface area contributed by atoms with Gasteiger partial charge in [-0.2, -0.15) is 0 Å². The van der Waals surface area contributed by atoms with Crippen LogP contribution in [-0.4, -0.2) is 30.3 Å². The summed E-state index contributed by atoms with van der Waals surface area (Å²) in [6, 6.07) is 27.0. The first-order chi connectivity index (χ1) is 17.5. The van der Waals surface area contributed by atoms with Crippen LogP contribution in [0.3, 0.4) is 0 Å². The van der Waals surface area contributed by atoms with E-state index in [2.05, 4.69) is 48.6 Å². The van der Waals surface area contributed by atoms with E-state index in [1.54, 1.807) is 6.07 Å². The molecule has 0 aromatic heterocycles. The third-order valence-electron chi connectivity index (χ3n) is 6.69. The molecule has 1 heterocycles. The number of benzene rings is 4. The molecule has 0 amide bonds. The second kappa shape index (κ2) is 10.4. The molecule has 5 nitrogen and oxygen atoms in total. The van der Waals surface area contributed by atoms with Crippen molar-refractivity contribution >= 4 is 16.7 Å². The topological polar surface area (TPSA) is 67.8 Å². The monoisotopic (exact) mass is 485 g/mol. The number of para-hydroxylation sites is 1. The van der Waals surface area contributed by atoms with Gasteiger partial charge in [-0.05, 0) is 53.4 Å². The fourth-order valence-electron chi connectivity index (χ4n) is 4.99. The highest BCUT2D eigenvalue weighted by Gasteiger charge is 2.30. The first-order valence-electron chi connectivity index (χ1n) is 12.1. The van der Waals surface area contributed by atoms with E-state index in [1.807, 2.05) is 30.3 Å². The molecule has 4 aromatic rings. The summed E-state index contributed by atoms with van der Waals surface area (Å²) in [6.45, 7) is 2.24. The summed E-state index contributed by atoms with van der Waals surface area (Å²) in [6.07, 6.45) is 0.516. The molecule has 1 aliphatic rings. The summed E-state index contributed by atoms with van der Waals surface area (Å²) >= 11 is 0. The zero-order valence-electron chi connectivity index (χ0n) is 20.0. The maximum Gasteiger partial charge on any atom is 0.341 e. The number of nitrogens with one attached hydrogen (secondary N) is 1. The van der Waals surface area contributed by atoms with Gasteiger partial charge >= 0.3 is 5.97 Å². The lowest BCUT2D eigenvalue weighted by atomic mass is 9.84. The number of carboxylic acid groups (broad SMARTS) is 1. The fourth-order valence-corrected chi connectivity index (χ4v) is 4.99. The normalized spacial score (nSPS) is 17.7. The van der Waals surface area contributed by atoms with Gasteiger partial charge in [0.2, 0.25) is 0 Å². The molecule has 0 radical (unpaired) electrons. The Morgan fingerprint density at radius 1 is 1.08 bits per heavy atom. The Morgan fingerprint density at radius 2 is 1.86 bits per heavy atom. The van der Waals surface area contributed by atoms with Crippen LogP contribution in [0.5, 0.6) is 11.5 Å². The van der Waals surface area contributed by atoms with Crippen LogP contribution >= 0.6 is 0 Å². The molecule has 5 rings (SSSR count). The van der Waals surface area contributed by atoms with Crippen molar-refractivity contribution in [1.29, 1.82) is 0 Å². The Morgan fingerprint density at radius 3 is 2.72 bits per heavy atom. The van der Waals surface area contributed by atoms with Gasteiger partial charge in [0, 0.05) is 30.1 Å². The number of aliphatic carboxylic acids is 1.